The summed E-state index contributed by atoms with van der Waals surface area (Å²) in [6.07, 6.45) is 1.18. The summed E-state index contributed by atoms with van der Waals surface area (Å²) in [4.78, 5) is 81.0. The third kappa shape index (κ3) is 6.62. The summed E-state index contributed by atoms with van der Waals surface area (Å²) in [6, 6.07) is 9.63. The first-order chi connectivity index (χ1) is 26.9. The fourth-order valence-electron chi connectivity index (χ4n) is 8.04. The van der Waals surface area contributed by atoms with Crippen LogP contribution in [0.1, 0.15) is 77.1 Å². The molecule has 0 saturated carbocycles. The lowest BCUT2D eigenvalue weighted by molar-refractivity contribution is -0.136. The van der Waals surface area contributed by atoms with Gasteiger partial charge in [-0.2, -0.15) is 0 Å². The van der Waals surface area contributed by atoms with Crippen molar-refractivity contribution in [3.05, 3.63) is 48.0 Å². The SMILES string of the molecule is COC(=O)N[C@H](C(=O)N1CCC[C@H]1c1nc2c(ccc3nc(-c4ccc5c(ccc6nc([C@@H]7CCCN7C(=O)[C@@H](NC(=O)O)C(C)C)nc65)[nH]4)sc32)[nH]1)C(C)C. The van der Waals surface area contributed by atoms with E-state index in [1.807, 2.05) is 64.1 Å². The van der Waals surface area contributed by atoms with E-state index in [9.17, 15) is 24.3 Å². The molecule has 0 unspecified atom stereocenters. The van der Waals surface area contributed by atoms with E-state index in [0.717, 1.165) is 73.2 Å². The molecule has 4 amide bonds. The van der Waals surface area contributed by atoms with E-state index < -0.39 is 24.3 Å². The molecule has 8 rings (SSSR count). The lowest BCUT2D eigenvalue weighted by atomic mass is 10.0. The maximum atomic E-state index is 13.7. The summed E-state index contributed by atoms with van der Waals surface area (Å²) in [6.45, 7) is 8.51. The average Bonchev–Trinajstić information content (AvgIpc) is 4.02. The van der Waals surface area contributed by atoms with E-state index >= 15 is 0 Å². The first-order valence-corrected chi connectivity index (χ1v) is 19.8. The normalized spacial score (nSPS) is 18.5. The van der Waals surface area contributed by atoms with Gasteiger partial charge in [0, 0.05) is 24.0 Å². The van der Waals surface area contributed by atoms with Gasteiger partial charge in [0.25, 0.3) is 0 Å². The number of hydrogen-bond donors (Lipinski definition) is 5. The van der Waals surface area contributed by atoms with E-state index in [2.05, 4.69) is 20.6 Å². The lowest BCUT2D eigenvalue weighted by Gasteiger charge is -2.29. The number of ether oxygens (including phenoxy) is 1. The van der Waals surface area contributed by atoms with Gasteiger partial charge < -0.3 is 40.2 Å². The molecule has 16 nitrogen and oxygen atoms in total. The van der Waals surface area contributed by atoms with Gasteiger partial charge in [0.2, 0.25) is 11.8 Å². The number of pyridine rings is 1. The van der Waals surface area contributed by atoms with Gasteiger partial charge in [0.15, 0.2) is 5.82 Å². The van der Waals surface area contributed by atoms with Gasteiger partial charge in [-0.15, -0.1) is 11.3 Å². The van der Waals surface area contributed by atoms with E-state index in [0.29, 0.717) is 31.2 Å². The molecular formula is C39H44N10O6S. The molecule has 4 atom stereocenters. The average molecular weight is 781 g/mol. The molecule has 2 fully saturated rings. The number of nitrogens with zero attached hydrogens (tertiary/aromatic N) is 6. The second kappa shape index (κ2) is 14.7. The standard InChI is InChI=1S/C39H44N10O6S/c1-18(2)28(46-38(52)53)36(50)48-16-6-8-26(48)33-41-22-13-12-21-20(30(22)44-33)10-11-25(40-21)35-43-24-15-14-23-31(32(24)56-35)45-34(42-23)27-9-7-17-49(27)37(51)29(19(3)4)47-39(54)55-5/h10-15,18-19,26-29,40,46H,6-9,16-17H2,1-5H3,(H,42,45)(H,47,54)(H,52,53)/t26-,27-,28-,29-/m0/s1. The number of imidazole rings is 2. The van der Waals surface area contributed by atoms with Crippen LogP contribution in [0, 0.1) is 11.8 Å². The summed E-state index contributed by atoms with van der Waals surface area (Å²) < 4.78 is 5.70. The third-order valence-electron chi connectivity index (χ3n) is 10.9. The molecule has 0 bridgehead atoms. The number of likely N-dealkylation sites (tertiary alicyclic amines) is 2. The Bertz CT molecular complexity index is 2510. The van der Waals surface area contributed by atoms with Crippen molar-refractivity contribution in [1.29, 1.82) is 0 Å². The number of H-pyrrole nitrogens is 2. The molecule has 0 radical (unpaired) electrons. The van der Waals surface area contributed by atoms with Crippen LogP contribution in [-0.4, -0.2) is 101 Å². The topological polar surface area (TPSA) is 211 Å². The molecule has 6 aromatic rings. The molecule has 6 heterocycles. The fraction of sp³-hybridized carbons (Fsp3) is 0.436. The predicted molar refractivity (Wildman–Crippen MR) is 211 cm³/mol. The number of amides is 4. The summed E-state index contributed by atoms with van der Waals surface area (Å²) in [5, 5.41) is 16.1. The van der Waals surface area contributed by atoms with Gasteiger partial charge in [-0.25, -0.2) is 29.5 Å². The van der Waals surface area contributed by atoms with Crippen molar-refractivity contribution in [3.63, 3.8) is 0 Å². The molecule has 4 aromatic heterocycles. The van der Waals surface area contributed by atoms with E-state index in [-0.39, 0.29) is 35.7 Å². The maximum Gasteiger partial charge on any atom is 0.407 e. The van der Waals surface area contributed by atoms with E-state index in [4.69, 9.17) is 24.7 Å². The highest BCUT2D eigenvalue weighted by atomic mass is 32.1. The van der Waals surface area contributed by atoms with E-state index in [1.165, 1.54) is 18.4 Å². The predicted octanol–water partition coefficient (Wildman–Crippen LogP) is 6.26. The van der Waals surface area contributed by atoms with Crippen LogP contribution in [0.4, 0.5) is 9.59 Å². The molecule has 2 aliphatic heterocycles. The second-order valence-electron chi connectivity index (χ2n) is 15.2. The fourth-order valence-corrected chi connectivity index (χ4v) is 9.08. The zero-order valence-corrected chi connectivity index (χ0v) is 32.6. The van der Waals surface area contributed by atoms with Crippen LogP contribution < -0.4 is 10.6 Å². The van der Waals surface area contributed by atoms with Crippen molar-refractivity contribution in [2.75, 3.05) is 20.2 Å². The number of rotatable bonds is 9. The Labute approximate surface area is 325 Å². The molecule has 292 valence electrons. The molecule has 2 aromatic carbocycles. The summed E-state index contributed by atoms with van der Waals surface area (Å²) in [5.41, 5.74) is 5.56. The van der Waals surface area contributed by atoms with Crippen LogP contribution in [0.25, 0.3) is 53.9 Å². The van der Waals surface area contributed by atoms with Crippen molar-refractivity contribution in [2.24, 2.45) is 11.8 Å². The van der Waals surface area contributed by atoms with Gasteiger partial charge in [0.05, 0.1) is 46.1 Å². The van der Waals surface area contributed by atoms with Crippen LogP contribution in [0.2, 0.25) is 0 Å². The van der Waals surface area contributed by atoms with Crippen molar-refractivity contribution in [1.82, 2.24) is 50.3 Å². The third-order valence-corrected chi connectivity index (χ3v) is 12.0. The second-order valence-corrected chi connectivity index (χ2v) is 16.2. The van der Waals surface area contributed by atoms with Gasteiger partial charge in [-0.1, -0.05) is 27.7 Å². The zero-order valence-electron chi connectivity index (χ0n) is 31.8. The Kier molecular flexibility index (Phi) is 9.72. The highest BCUT2D eigenvalue weighted by Crippen LogP contribution is 2.39. The first kappa shape index (κ1) is 37.1. The Morgan fingerprint density at radius 2 is 1.45 bits per heavy atom. The highest BCUT2D eigenvalue weighted by Gasteiger charge is 2.39. The number of carbonyl (C=O) groups is 4. The number of aromatic amines is 2. The minimum Gasteiger partial charge on any atom is -0.465 e. The molecular weight excluding hydrogens is 737 g/mol. The molecule has 2 saturated heterocycles. The molecule has 17 heteroatoms. The summed E-state index contributed by atoms with van der Waals surface area (Å²) in [7, 11) is 1.28. The quantitative estimate of drug-likeness (QED) is 0.111. The Hall–Kier alpha value is -5.84. The van der Waals surface area contributed by atoms with Crippen molar-refractivity contribution in [3.8, 4) is 10.7 Å². The van der Waals surface area contributed by atoms with Crippen LogP contribution in [0.5, 0.6) is 0 Å². The minimum atomic E-state index is -1.23. The highest BCUT2D eigenvalue weighted by molar-refractivity contribution is 7.22. The number of aromatic nitrogens is 6. The molecule has 0 aliphatic carbocycles. The number of fused-ring (bicyclic) bond motifs is 6. The van der Waals surface area contributed by atoms with Gasteiger partial charge >= 0.3 is 12.2 Å². The number of carbonyl (C=O) groups excluding carboxylic acids is 3. The molecule has 56 heavy (non-hydrogen) atoms. The largest absolute Gasteiger partial charge is 0.465 e. The van der Waals surface area contributed by atoms with Gasteiger partial charge in [-0.05, 0) is 73.9 Å². The number of nitrogens with one attached hydrogen (secondary N) is 4. The summed E-state index contributed by atoms with van der Waals surface area (Å²) in [5.74, 6) is 0.487. The number of thiazole rings is 1. The Morgan fingerprint density at radius 1 is 0.786 bits per heavy atom. The molecule has 5 N–H and O–H groups in total. The van der Waals surface area contributed by atoms with Crippen molar-refractivity contribution >= 4 is 78.5 Å². The summed E-state index contributed by atoms with van der Waals surface area (Å²) >= 11 is 1.53. The smallest absolute Gasteiger partial charge is 0.407 e. The van der Waals surface area contributed by atoms with Crippen LogP contribution >= 0.6 is 11.3 Å². The number of carboxylic acid groups (broad SMARTS) is 1. The number of benzene rings is 2. The van der Waals surface area contributed by atoms with Gasteiger partial charge in [0.1, 0.15) is 33.9 Å². The lowest BCUT2D eigenvalue weighted by Crippen LogP contribution is -2.51. The van der Waals surface area contributed by atoms with Crippen LogP contribution in [0.15, 0.2) is 36.4 Å². The zero-order chi connectivity index (χ0) is 39.4. The Morgan fingerprint density at radius 3 is 2.14 bits per heavy atom. The minimum absolute atomic E-state index is 0.129. The monoisotopic (exact) mass is 780 g/mol. The number of methoxy groups -OCH3 is 1. The van der Waals surface area contributed by atoms with Crippen LogP contribution in [-0.2, 0) is 14.3 Å². The number of hydrogen-bond acceptors (Lipinski definition) is 10. The van der Waals surface area contributed by atoms with Gasteiger partial charge in [-0.3, -0.25) is 9.59 Å². The molecule has 2 aliphatic rings. The molecule has 0 spiro atoms. The van der Waals surface area contributed by atoms with Crippen molar-refractivity contribution < 1.29 is 29.0 Å². The maximum absolute atomic E-state index is 13.7. The van der Waals surface area contributed by atoms with Crippen molar-refractivity contribution in [2.45, 2.75) is 77.5 Å². The van der Waals surface area contributed by atoms with E-state index in [1.54, 1.807) is 9.80 Å². The first-order valence-electron chi connectivity index (χ1n) is 19.0. The van der Waals surface area contributed by atoms with Crippen LogP contribution in [0.3, 0.4) is 0 Å². The Balaban J connectivity index is 1.07. The number of alkyl carbamates (subject to hydrolysis) is 1.